The Labute approximate surface area is 224 Å². The fourth-order valence-electron chi connectivity index (χ4n) is 1.31. The summed E-state index contributed by atoms with van der Waals surface area (Å²) in [5.41, 5.74) is 3.81. The van der Waals surface area contributed by atoms with E-state index in [4.69, 9.17) is 0 Å². The van der Waals surface area contributed by atoms with Crippen molar-refractivity contribution < 1.29 is 0 Å². The maximum atomic E-state index is 3.83. The maximum Gasteiger partial charge on any atom is -0.0240 e. The third kappa shape index (κ3) is 86.2. The molecule has 0 nitrogen and oxygen atoms in total. The quantitative estimate of drug-likeness (QED) is 0.248. The van der Waals surface area contributed by atoms with Crippen molar-refractivity contribution in [3.05, 3.63) is 48.6 Å². The van der Waals surface area contributed by atoms with Crippen molar-refractivity contribution in [2.45, 2.75) is 152 Å². The summed E-state index contributed by atoms with van der Waals surface area (Å²) in [6.45, 7) is 41.3. The molecule has 0 aliphatic rings. The number of rotatable bonds is 7. The first kappa shape index (κ1) is 58.6. The van der Waals surface area contributed by atoms with Gasteiger partial charge < -0.3 is 0 Å². The van der Waals surface area contributed by atoms with Crippen LogP contribution in [0.5, 0.6) is 0 Å². The molecule has 34 heavy (non-hydrogen) atoms. The Bertz CT molecular complexity index is 390. The summed E-state index contributed by atoms with van der Waals surface area (Å²) in [6.07, 6.45) is 8.90. The molecule has 0 aliphatic carbocycles. The minimum absolute atomic E-state index is 0. The van der Waals surface area contributed by atoms with Crippen LogP contribution in [0.3, 0.4) is 0 Å². The van der Waals surface area contributed by atoms with E-state index in [1.807, 2.05) is 6.92 Å². The topological polar surface area (TPSA) is 0 Å². The van der Waals surface area contributed by atoms with Gasteiger partial charge in [-0.05, 0) is 63.7 Å². The Kier molecular flexibility index (Phi) is 78.4. The molecule has 214 valence electrons. The zero-order valence-electron chi connectivity index (χ0n) is 23.9. The smallest absolute Gasteiger partial charge is 0.0240 e. The molecule has 0 bridgehead atoms. The predicted octanol–water partition coefficient (Wildman–Crippen LogP) is 14.0. The first-order valence-corrected chi connectivity index (χ1v) is 12.3. The Balaban J connectivity index is -0.0000000323. The maximum absolute atomic E-state index is 3.83. The molecule has 0 aromatic heterocycles. The first-order chi connectivity index (χ1) is 13.7. The molecular weight excluding hydrogens is 408 g/mol. The third-order valence-corrected chi connectivity index (χ3v) is 4.69. The minimum atomic E-state index is 0. The van der Waals surface area contributed by atoms with E-state index in [0.29, 0.717) is 5.92 Å². The van der Waals surface area contributed by atoms with Crippen LogP contribution in [0, 0.1) is 23.7 Å². The zero-order chi connectivity index (χ0) is 25.3. The normalized spacial score (nSPS) is 10.4. The monoisotopic (exact) mass is 487 g/mol. The van der Waals surface area contributed by atoms with Crippen LogP contribution < -0.4 is 0 Å². The van der Waals surface area contributed by atoms with Crippen LogP contribution in [-0.2, 0) is 0 Å². The largest absolute Gasteiger partial charge is 0.0999 e. The van der Waals surface area contributed by atoms with E-state index < -0.39 is 0 Å². The van der Waals surface area contributed by atoms with Crippen LogP contribution in [-0.4, -0.2) is 0 Å². The fourth-order valence-corrected chi connectivity index (χ4v) is 1.31. The van der Waals surface area contributed by atoms with Crippen molar-refractivity contribution >= 4 is 0 Å². The predicted molar refractivity (Wildman–Crippen MR) is 175 cm³/mol. The van der Waals surface area contributed by atoms with Gasteiger partial charge in [-0.1, -0.05) is 161 Å². The van der Waals surface area contributed by atoms with Gasteiger partial charge in [0.1, 0.15) is 0 Å². The third-order valence-electron chi connectivity index (χ3n) is 4.69. The molecule has 2 atom stereocenters. The SMILES string of the molecule is C.C.C.C.C=C(C)C(C)CC.C=CC(=C)C.CC(C)C.CC/C=C(/C)CC.CCC(C)C(C)C. The summed E-state index contributed by atoms with van der Waals surface area (Å²) in [6, 6.07) is 0. The van der Waals surface area contributed by atoms with Crippen molar-refractivity contribution in [2.24, 2.45) is 23.7 Å². The van der Waals surface area contributed by atoms with Gasteiger partial charge in [0, 0.05) is 0 Å². The van der Waals surface area contributed by atoms with Crippen molar-refractivity contribution in [1.29, 1.82) is 0 Å². The van der Waals surface area contributed by atoms with Gasteiger partial charge in [0.05, 0.1) is 0 Å². The molecule has 0 aromatic carbocycles. The molecule has 0 aliphatic heterocycles. The van der Waals surface area contributed by atoms with Crippen LogP contribution in [0.25, 0.3) is 0 Å². The second-order valence-corrected chi connectivity index (χ2v) is 9.38. The summed E-state index contributed by atoms with van der Waals surface area (Å²) in [5, 5.41) is 0. The first-order valence-electron chi connectivity index (χ1n) is 12.3. The molecule has 0 fully saturated rings. The molecule has 0 aromatic rings. The van der Waals surface area contributed by atoms with Gasteiger partial charge in [0.15, 0.2) is 0 Å². The summed E-state index contributed by atoms with van der Waals surface area (Å²) >= 11 is 0. The van der Waals surface area contributed by atoms with E-state index >= 15 is 0 Å². The van der Waals surface area contributed by atoms with Gasteiger partial charge in [-0.25, -0.2) is 0 Å². The van der Waals surface area contributed by atoms with Crippen molar-refractivity contribution in [1.82, 2.24) is 0 Å². The minimum Gasteiger partial charge on any atom is -0.0999 e. The molecule has 0 amide bonds. The molecular formula is C34H78. The highest BCUT2D eigenvalue weighted by molar-refractivity contribution is 5.05. The van der Waals surface area contributed by atoms with Gasteiger partial charge in [0.2, 0.25) is 0 Å². The van der Waals surface area contributed by atoms with Crippen LogP contribution in [0.15, 0.2) is 48.6 Å². The van der Waals surface area contributed by atoms with Crippen LogP contribution in [0.2, 0.25) is 0 Å². The lowest BCUT2D eigenvalue weighted by Crippen LogP contribution is -2.00. The van der Waals surface area contributed by atoms with E-state index in [0.717, 1.165) is 23.3 Å². The van der Waals surface area contributed by atoms with Gasteiger partial charge in [-0.15, -0.1) is 0 Å². The molecule has 0 saturated carbocycles. The summed E-state index contributed by atoms with van der Waals surface area (Å²) in [4.78, 5) is 0. The molecule has 0 N–H and O–H groups in total. The van der Waals surface area contributed by atoms with E-state index in [1.165, 1.54) is 36.8 Å². The highest BCUT2D eigenvalue weighted by atomic mass is 14.1. The summed E-state index contributed by atoms with van der Waals surface area (Å²) in [5.74, 6) is 3.31. The average Bonchev–Trinajstić information content (AvgIpc) is 2.67. The van der Waals surface area contributed by atoms with Gasteiger partial charge in [0.25, 0.3) is 0 Å². The highest BCUT2D eigenvalue weighted by Gasteiger charge is 2.01. The Morgan fingerprint density at radius 2 is 1.03 bits per heavy atom. The Hall–Kier alpha value is -1.04. The Morgan fingerprint density at radius 1 is 0.706 bits per heavy atom. The molecule has 0 saturated heterocycles. The number of hydrogen-bond acceptors (Lipinski definition) is 0. The van der Waals surface area contributed by atoms with E-state index in [-0.39, 0.29) is 29.7 Å². The highest BCUT2D eigenvalue weighted by Crippen LogP contribution is 2.12. The molecule has 0 radical (unpaired) electrons. The Morgan fingerprint density at radius 3 is 1.06 bits per heavy atom. The number of hydrogen-bond donors (Lipinski definition) is 0. The van der Waals surface area contributed by atoms with Gasteiger partial charge in [-0.3, -0.25) is 0 Å². The van der Waals surface area contributed by atoms with Gasteiger partial charge >= 0.3 is 0 Å². The molecule has 0 rings (SSSR count). The van der Waals surface area contributed by atoms with Gasteiger partial charge in [-0.2, -0.15) is 0 Å². The van der Waals surface area contributed by atoms with Crippen LogP contribution in [0.1, 0.15) is 152 Å². The standard InChI is InChI=1S/C7H16.2C7H14.C5H8.C4H10.4CH4/c2*1-5-7(4)6(2)3;1-4-6-7(3)5-2;1-4-5(2)3;1-4(2)3;;;;/h6-7H,5H2,1-4H3;7H,2,5H2,1,3-4H3;6H,4-5H2,1-3H3;4H,1-2H2,3H3;4H,1-3H3;4*1H4/b;;7-6-;;;;;;. The lowest BCUT2D eigenvalue weighted by molar-refractivity contribution is 0.407. The van der Waals surface area contributed by atoms with Crippen LogP contribution in [0.4, 0.5) is 0 Å². The van der Waals surface area contributed by atoms with Crippen LogP contribution >= 0.6 is 0 Å². The van der Waals surface area contributed by atoms with Crippen molar-refractivity contribution in [2.75, 3.05) is 0 Å². The van der Waals surface area contributed by atoms with E-state index in [2.05, 4.69) is 116 Å². The average molecular weight is 487 g/mol. The van der Waals surface area contributed by atoms with Crippen molar-refractivity contribution in [3.8, 4) is 0 Å². The number of allylic oxidation sites excluding steroid dienone is 5. The molecule has 0 heterocycles. The summed E-state index contributed by atoms with van der Waals surface area (Å²) < 4.78 is 0. The second kappa shape index (κ2) is 45.5. The summed E-state index contributed by atoms with van der Waals surface area (Å²) in [7, 11) is 0. The second-order valence-electron chi connectivity index (χ2n) is 9.38. The fraction of sp³-hybridized carbons (Fsp3) is 0.765. The lowest BCUT2D eigenvalue weighted by atomic mass is 9.96. The zero-order valence-corrected chi connectivity index (χ0v) is 23.9. The van der Waals surface area contributed by atoms with E-state index in [1.54, 1.807) is 6.08 Å². The van der Waals surface area contributed by atoms with Crippen molar-refractivity contribution in [3.63, 3.8) is 0 Å². The van der Waals surface area contributed by atoms with E-state index in [9.17, 15) is 0 Å². The molecule has 0 heteroatoms. The molecule has 0 spiro atoms. The lowest BCUT2D eigenvalue weighted by Gasteiger charge is -2.10. The molecule has 2 unspecified atom stereocenters.